The molecule has 0 saturated carbocycles. The lowest BCUT2D eigenvalue weighted by Crippen LogP contribution is -2.38. The first-order valence-corrected chi connectivity index (χ1v) is 10.6. The second kappa shape index (κ2) is 8.83. The minimum atomic E-state index is -3.07. The molecule has 0 bridgehead atoms. The van der Waals surface area contributed by atoms with Crippen molar-refractivity contribution in [3.63, 3.8) is 0 Å². The molecule has 2 aromatic rings. The van der Waals surface area contributed by atoms with E-state index in [-0.39, 0.29) is 11.5 Å². The lowest BCUT2D eigenvalue weighted by atomic mass is 10.2. The summed E-state index contributed by atoms with van der Waals surface area (Å²) >= 11 is 0. The summed E-state index contributed by atoms with van der Waals surface area (Å²) in [7, 11) is -3.07. The molecule has 0 aliphatic carbocycles. The zero-order chi connectivity index (χ0) is 20.0. The van der Waals surface area contributed by atoms with E-state index >= 15 is 0 Å². The number of rotatable bonds is 7. The highest BCUT2D eigenvalue weighted by atomic mass is 32.2. The number of hydrogen-bond acceptors (Lipinski definition) is 6. The van der Waals surface area contributed by atoms with Crippen LogP contribution in [0.15, 0.2) is 48.8 Å². The van der Waals surface area contributed by atoms with Crippen LogP contribution in [0.2, 0.25) is 0 Å². The topological polar surface area (TPSA) is 107 Å². The van der Waals surface area contributed by atoms with Crippen molar-refractivity contribution in [2.45, 2.75) is 19.0 Å². The van der Waals surface area contributed by atoms with Crippen LogP contribution in [0.5, 0.6) is 0 Å². The number of nitrogens with zero attached hydrogens (tertiary/aromatic N) is 2. The number of esters is 1. The van der Waals surface area contributed by atoms with Gasteiger partial charge in [0.15, 0.2) is 16.4 Å². The van der Waals surface area contributed by atoms with E-state index in [2.05, 4.69) is 10.4 Å². The van der Waals surface area contributed by atoms with Crippen molar-refractivity contribution in [1.82, 2.24) is 15.1 Å². The average Bonchev–Trinajstić information content (AvgIpc) is 3.24. The van der Waals surface area contributed by atoms with Crippen molar-refractivity contribution in [3.05, 3.63) is 59.9 Å². The average molecular weight is 403 g/mol. The van der Waals surface area contributed by atoms with Gasteiger partial charge in [-0.25, -0.2) is 13.2 Å². The highest BCUT2D eigenvalue weighted by molar-refractivity contribution is 7.91. The van der Waals surface area contributed by atoms with E-state index in [1.165, 1.54) is 6.08 Å². The summed E-state index contributed by atoms with van der Waals surface area (Å²) in [6, 6.07) is 9.44. The number of benzene rings is 1. The van der Waals surface area contributed by atoms with Gasteiger partial charge in [0, 0.05) is 23.9 Å². The fraction of sp³-hybridized carbons (Fsp3) is 0.316. The number of aromatic nitrogens is 2. The van der Waals surface area contributed by atoms with Crippen LogP contribution in [0.25, 0.3) is 6.08 Å². The molecule has 1 aromatic heterocycles. The summed E-state index contributed by atoms with van der Waals surface area (Å²) in [6.45, 7) is 0.170. The Bertz CT molecular complexity index is 966. The third-order valence-corrected chi connectivity index (χ3v) is 5.96. The van der Waals surface area contributed by atoms with Crippen LogP contribution in [0, 0.1) is 0 Å². The molecular formula is C19H21N3O5S. The van der Waals surface area contributed by atoms with Gasteiger partial charge in [-0.3, -0.25) is 9.48 Å². The predicted octanol–water partition coefficient (Wildman–Crippen LogP) is 0.791. The maximum Gasteiger partial charge on any atom is 0.331 e. The monoisotopic (exact) mass is 403 g/mol. The van der Waals surface area contributed by atoms with Crippen LogP contribution in [0.3, 0.4) is 0 Å². The molecule has 28 heavy (non-hydrogen) atoms. The Morgan fingerprint density at radius 1 is 1.29 bits per heavy atom. The molecule has 8 nitrogen and oxygen atoms in total. The van der Waals surface area contributed by atoms with Gasteiger partial charge in [-0.2, -0.15) is 5.10 Å². The van der Waals surface area contributed by atoms with Crippen LogP contribution < -0.4 is 5.32 Å². The highest BCUT2D eigenvalue weighted by Crippen LogP contribution is 2.11. The molecule has 1 saturated heterocycles. The summed E-state index contributed by atoms with van der Waals surface area (Å²) < 4.78 is 29.3. The molecule has 1 amide bonds. The second-order valence-electron chi connectivity index (χ2n) is 6.57. The Kier molecular flexibility index (Phi) is 6.25. The van der Waals surface area contributed by atoms with Crippen molar-refractivity contribution in [3.8, 4) is 0 Å². The third-order valence-electron chi connectivity index (χ3n) is 4.20. The largest absolute Gasteiger partial charge is 0.452 e. The fourth-order valence-corrected chi connectivity index (χ4v) is 4.52. The molecule has 1 atom stereocenters. The van der Waals surface area contributed by atoms with Gasteiger partial charge < -0.3 is 10.1 Å². The SMILES string of the molecule is O=C(COC(=O)/C=C/c1cnn(Cc2ccccc2)c1)N[C@@H]1CCS(=O)(=O)C1. The van der Waals surface area contributed by atoms with Crippen LogP contribution >= 0.6 is 0 Å². The van der Waals surface area contributed by atoms with Gasteiger partial charge in [-0.05, 0) is 18.1 Å². The van der Waals surface area contributed by atoms with Crippen molar-refractivity contribution in [2.24, 2.45) is 0 Å². The number of nitrogens with one attached hydrogen (secondary N) is 1. The van der Waals surface area contributed by atoms with Gasteiger partial charge in [0.05, 0.1) is 24.2 Å². The van der Waals surface area contributed by atoms with Crippen molar-refractivity contribution < 1.29 is 22.7 Å². The highest BCUT2D eigenvalue weighted by Gasteiger charge is 2.28. The fourth-order valence-electron chi connectivity index (χ4n) is 2.85. The molecule has 1 aromatic carbocycles. The molecule has 1 N–H and O–H groups in total. The molecule has 3 rings (SSSR count). The predicted molar refractivity (Wildman–Crippen MR) is 103 cm³/mol. The lowest BCUT2D eigenvalue weighted by molar-refractivity contribution is -0.143. The molecule has 0 spiro atoms. The first-order valence-electron chi connectivity index (χ1n) is 8.81. The van der Waals surface area contributed by atoms with Crippen molar-refractivity contribution in [2.75, 3.05) is 18.1 Å². The van der Waals surface area contributed by atoms with Crippen molar-refractivity contribution in [1.29, 1.82) is 0 Å². The second-order valence-corrected chi connectivity index (χ2v) is 8.79. The van der Waals surface area contributed by atoms with Crippen LogP contribution in [0.1, 0.15) is 17.5 Å². The molecule has 0 unspecified atom stereocenters. The molecule has 1 aliphatic rings. The maximum absolute atomic E-state index is 11.7. The van der Waals surface area contributed by atoms with Gasteiger partial charge in [0.1, 0.15) is 0 Å². The molecule has 1 aliphatic heterocycles. The van der Waals surface area contributed by atoms with Gasteiger partial charge in [0.25, 0.3) is 5.91 Å². The van der Waals surface area contributed by atoms with E-state index in [0.29, 0.717) is 13.0 Å². The standard InChI is InChI=1S/C19H21N3O5S/c23-18(21-17-8-9-28(25,26)14-17)13-27-19(24)7-6-16-10-20-22(12-16)11-15-4-2-1-3-5-15/h1-7,10,12,17H,8-9,11,13-14H2,(H,21,23)/b7-6+/t17-/m1/s1. The Morgan fingerprint density at radius 3 is 2.79 bits per heavy atom. The Hall–Kier alpha value is -2.94. The normalized spacial score (nSPS) is 18.2. The van der Waals surface area contributed by atoms with E-state index < -0.39 is 34.4 Å². The van der Waals surface area contributed by atoms with E-state index in [0.717, 1.165) is 11.1 Å². The first kappa shape index (κ1) is 19.8. The first-order chi connectivity index (χ1) is 13.4. The summed E-state index contributed by atoms with van der Waals surface area (Å²) in [5.41, 5.74) is 1.84. The number of hydrogen-bond donors (Lipinski definition) is 1. The molecule has 2 heterocycles. The Balaban J connectivity index is 1.42. The maximum atomic E-state index is 11.7. The zero-order valence-corrected chi connectivity index (χ0v) is 16.0. The van der Waals surface area contributed by atoms with Gasteiger partial charge >= 0.3 is 5.97 Å². The molecule has 9 heteroatoms. The van der Waals surface area contributed by atoms with Gasteiger partial charge in [-0.15, -0.1) is 0 Å². The molecule has 1 fully saturated rings. The van der Waals surface area contributed by atoms with Crippen LogP contribution in [-0.4, -0.2) is 54.2 Å². The zero-order valence-electron chi connectivity index (χ0n) is 15.2. The summed E-state index contributed by atoms with van der Waals surface area (Å²) in [4.78, 5) is 23.5. The molecular weight excluding hydrogens is 382 g/mol. The molecule has 148 valence electrons. The van der Waals surface area contributed by atoms with Gasteiger partial charge in [0.2, 0.25) is 0 Å². The van der Waals surface area contributed by atoms with E-state index in [9.17, 15) is 18.0 Å². The Labute approximate surface area is 163 Å². The molecule has 0 radical (unpaired) electrons. The minimum Gasteiger partial charge on any atom is -0.452 e. The number of carbonyl (C=O) groups excluding carboxylic acids is 2. The van der Waals surface area contributed by atoms with Crippen LogP contribution in [-0.2, 0) is 30.7 Å². The van der Waals surface area contributed by atoms with Crippen LogP contribution in [0.4, 0.5) is 0 Å². The quantitative estimate of drug-likeness (QED) is 0.541. The van der Waals surface area contributed by atoms with E-state index in [1.807, 2.05) is 30.3 Å². The summed E-state index contributed by atoms with van der Waals surface area (Å²) in [5, 5.41) is 6.79. The number of carbonyl (C=O) groups is 2. The lowest BCUT2D eigenvalue weighted by Gasteiger charge is -2.10. The summed E-state index contributed by atoms with van der Waals surface area (Å²) in [6.07, 6.45) is 6.58. The Morgan fingerprint density at radius 2 is 2.07 bits per heavy atom. The third kappa shape index (κ3) is 6.05. The minimum absolute atomic E-state index is 0.0679. The number of amides is 1. The number of ether oxygens (including phenoxy) is 1. The van der Waals surface area contributed by atoms with E-state index in [4.69, 9.17) is 4.74 Å². The number of sulfone groups is 1. The smallest absolute Gasteiger partial charge is 0.331 e. The summed E-state index contributed by atoms with van der Waals surface area (Å²) in [5.74, 6) is -1.18. The van der Waals surface area contributed by atoms with E-state index in [1.54, 1.807) is 23.2 Å². The van der Waals surface area contributed by atoms with Crippen molar-refractivity contribution >= 4 is 27.8 Å². The van der Waals surface area contributed by atoms with Gasteiger partial charge in [-0.1, -0.05) is 30.3 Å².